The fourth-order valence-electron chi connectivity index (χ4n) is 5.48. The molecular weight excluding hydrogens is 546 g/mol. The molecule has 0 atom stereocenters. The summed E-state index contributed by atoms with van der Waals surface area (Å²) in [6.07, 6.45) is 1.27. The Hall–Kier alpha value is -3.43. The average molecular weight is 584 g/mol. The first kappa shape index (κ1) is 29.1. The third-order valence-electron chi connectivity index (χ3n) is 7.50. The number of amides is 1. The number of carbonyl (C=O) groups excluding carboxylic acids is 1. The van der Waals surface area contributed by atoms with Gasteiger partial charge in [-0.2, -0.15) is 0 Å². The number of ether oxygens (including phenoxy) is 4. The van der Waals surface area contributed by atoms with E-state index >= 15 is 0 Å². The molecule has 220 valence electrons. The number of nitrogens with zero attached hydrogens (tertiary/aromatic N) is 3. The Morgan fingerprint density at radius 3 is 2.46 bits per heavy atom. The Kier molecular flexibility index (Phi) is 8.66. The number of pyridine rings is 1. The van der Waals surface area contributed by atoms with E-state index in [9.17, 15) is 9.59 Å². The molecule has 0 radical (unpaired) electrons. The molecule has 2 aliphatic rings. The highest BCUT2D eigenvalue weighted by atomic mass is 35.5. The molecule has 0 aliphatic carbocycles. The molecule has 0 saturated carbocycles. The van der Waals surface area contributed by atoms with Crippen molar-refractivity contribution < 1.29 is 23.7 Å². The summed E-state index contributed by atoms with van der Waals surface area (Å²) in [4.78, 5) is 30.4. The zero-order valence-electron chi connectivity index (χ0n) is 24.2. The molecule has 5 rings (SSSR count). The third kappa shape index (κ3) is 6.73. The molecule has 2 aromatic carbocycles. The molecular formula is C31H38ClN3O6. The van der Waals surface area contributed by atoms with Gasteiger partial charge in [-0.05, 0) is 69.5 Å². The van der Waals surface area contributed by atoms with E-state index < -0.39 is 5.60 Å². The summed E-state index contributed by atoms with van der Waals surface area (Å²) in [5, 5.41) is 1.37. The molecule has 1 aromatic heterocycles. The van der Waals surface area contributed by atoms with Gasteiger partial charge in [0.05, 0.1) is 17.6 Å². The standard InChI is InChI=1S/C31H38ClN3O6/c1-31(2,3)41-30(37)35(20-21-5-8-25-27(19-21)40-18-17-39-25)22-11-13-33(14-12-22)15-16-34-28(36)10-6-23-24(32)7-9-26(38-4)29(23)34/h5-10,19,22H,11-18,20H2,1-4H3. The number of hydrogen-bond donors (Lipinski definition) is 0. The van der Waals surface area contributed by atoms with Crippen LogP contribution in [0, 0.1) is 0 Å². The minimum absolute atomic E-state index is 0.0217. The number of hydrogen-bond acceptors (Lipinski definition) is 7. The number of carbonyl (C=O) groups is 1. The number of halogens is 1. The topological polar surface area (TPSA) is 82.5 Å². The van der Waals surface area contributed by atoms with Gasteiger partial charge in [0.2, 0.25) is 0 Å². The van der Waals surface area contributed by atoms with Gasteiger partial charge in [0.25, 0.3) is 5.56 Å². The Bertz CT molecular complexity index is 1460. The molecule has 0 spiro atoms. The van der Waals surface area contributed by atoms with Crippen LogP contribution in [0.1, 0.15) is 39.2 Å². The van der Waals surface area contributed by atoms with Crippen LogP contribution < -0.4 is 19.8 Å². The number of aromatic nitrogens is 1. The molecule has 1 amide bonds. The highest BCUT2D eigenvalue weighted by molar-refractivity contribution is 6.35. The molecule has 0 bridgehead atoms. The van der Waals surface area contributed by atoms with Crippen LogP contribution in [0.25, 0.3) is 10.9 Å². The summed E-state index contributed by atoms with van der Waals surface area (Å²) in [6.45, 7) is 9.89. The van der Waals surface area contributed by atoms with E-state index in [4.69, 9.17) is 30.5 Å². The van der Waals surface area contributed by atoms with Crippen LogP contribution in [0.2, 0.25) is 5.02 Å². The van der Waals surface area contributed by atoms with Crippen LogP contribution in [0.4, 0.5) is 4.79 Å². The first-order valence-electron chi connectivity index (χ1n) is 14.1. The van der Waals surface area contributed by atoms with Crippen LogP contribution >= 0.6 is 11.6 Å². The number of benzene rings is 2. The number of methoxy groups -OCH3 is 1. The fourth-order valence-corrected chi connectivity index (χ4v) is 5.70. The van der Waals surface area contributed by atoms with Crippen molar-refractivity contribution in [1.82, 2.24) is 14.4 Å². The molecule has 3 heterocycles. The minimum atomic E-state index is -0.599. The lowest BCUT2D eigenvalue weighted by atomic mass is 10.0. The van der Waals surface area contributed by atoms with Gasteiger partial charge in [-0.3, -0.25) is 4.79 Å². The van der Waals surface area contributed by atoms with E-state index in [0.29, 0.717) is 54.9 Å². The van der Waals surface area contributed by atoms with Gasteiger partial charge in [-0.1, -0.05) is 17.7 Å². The molecule has 10 heteroatoms. The zero-order chi connectivity index (χ0) is 29.1. The van der Waals surface area contributed by atoms with Crippen molar-refractivity contribution in [2.75, 3.05) is 40.0 Å². The van der Waals surface area contributed by atoms with Crippen LogP contribution in [-0.2, 0) is 17.8 Å². The van der Waals surface area contributed by atoms with Crippen LogP contribution in [0.3, 0.4) is 0 Å². The molecule has 0 unspecified atom stereocenters. The van der Waals surface area contributed by atoms with Crippen LogP contribution in [0.15, 0.2) is 47.3 Å². The second-order valence-corrected chi connectivity index (χ2v) is 11.9. The van der Waals surface area contributed by atoms with Crippen molar-refractivity contribution >= 4 is 28.6 Å². The minimum Gasteiger partial charge on any atom is -0.495 e. The largest absolute Gasteiger partial charge is 0.495 e. The maximum absolute atomic E-state index is 13.4. The van der Waals surface area contributed by atoms with Crippen molar-refractivity contribution in [2.45, 2.75) is 58.3 Å². The van der Waals surface area contributed by atoms with Gasteiger partial charge in [-0.15, -0.1) is 0 Å². The van der Waals surface area contributed by atoms with Gasteiger partial charge in [-0.25, -0.2) is 4.79 Å². The van der Waals surface area contributed by atoms with Gasteiger partial charge in [0.15, 0.2) is 11.5 Å². The summed E-state index contributed by atoms with van der Waals surface area (Å²) in [5.41, 5.74) is 0.977. The van der Waals surface area contributed by atoms with E-state index in [-0.39, 0.29) is 17.7 Å². The monoisotopic (exact) mass is 583 g/mol. The van der Waals surface area contributed by atoms with E-state index in [1.54, 1.807) is 35.9 Å². The Balaban J connectivity index is 1.28. The SMILES string of the molecule is COc1ccc(Cl)c2ccc(=O)n(CCN3CCC(N(Cc4ccc5c(c4)OCCO5)C(=O)OC(C)(C)C)CC3)c12. The van der Waals surface area contributed by atoms with Crippen molar-refractivity contribution in [3.8, 4) is 17.2 Å². The quantitative estimate of drug-likeness (QED) is 0.371. The van der Waals surface area contributed by atoms with Gasteiger partial charge >= 0.3 is 6.09 Å². The Morgan fingerprint density at radius 2 is 1.76 bits per heavy atom. The molecule has 3 aromatic rings. The summed E-state index contributed by atoms with van der Waals surface area (Å²) in [5.74, 6) is 2.05. The Morgan fingerprint density at radius 1 is 1.02 bits per heavy atom. The highest BCUT2D eigenvalue weighted by Gasteiger charge is 2.31. The molecule has 41 heavy (non-hydrogen) atoms. The van der Waals surface area contributed by atoms with Crippen LogP contribution in [-0.4, -0.2) is 72.1 Å². The summed E-state index contributed by atoms with van der Waals surface area (Å²) in [7, 11) is 1.59. The first-order chi connectivity index (χ1) is 19.6. The van der Waals surface area contributed by atoms with E-state index in [2.05, 4.69) is 4.90 Å². The van der Waals surface area contributed by atoms with E-state index in [1.807, 2.05) is 43.9 Å². The normalized spacial score (nSPS) is 16.0. The summed E-state index contributed by atoms with van der Waals surface area (Å²) < 4.78 is 24.5. The second kappa shape index (κ2) is 12.2. The lowest BCUT2D eigenvalue weighted by Gasteiger charge is -2.39. The molecule has 1 saturated heterocycles. The molecule has 0 N–H and O–H groups in total. The van der Waals surface area contributed by atoms with Gasteiger partial charge < -0.3 is 33.3 Å². The number of rotatable bonds is 7. The zero-order valence-corrected chi connectivity index (χ0v) is 24.9. The number of likely N-dealkylation sites (tertiary alicyclic amines) is 1. The van der Waals surface area contributed by atoms with Gasteiger partial charge in [0, 0.05) is 50.2 Å². The smallest absolute Gasteiger partial charge is 0.410 e. The predicted octanol–water partition coefficient (Wildman–Crippen LogP) is 5.34. The lowest BCUT2D eigenvalue weighted by Crippen LogP contribution is -2.49. The van der Waals surface area contributed by atoms with Crippen LogP contribution in [0.5, 0.6) is 17.2 Å². The predicted molar refractivity (Wildman–Crippen MR) is 158 cm³/mol. The fraction of sp³-hybridized carbons (Fsp3) is 0.484. The lowest BCUT2D eigenvalue weighted by molar-refractivity contribution is 0.00562. The summed E-state index contributed by atoms with van der Waals surface area (Å²) >= 11 is 6.43. The van der Waals surface area contributed by atoms with Crippen molar-refractivity contribution in [3.05, 3.63) is 63.4 Å². The highest BCUT2D eigenvalue weighted by Crippen LogP contribution is 2.33. The maximum atomic E-state index is 13.4. The Labute approximate surface area is 245 Å². The maximum Gasteiger partial charge on any atom is 0.410 e. The summed E-state index contributed by atoms with van der Waals surface area (Å²) in [6, 6.07) is 12.7. The molecule has 1 fully saturated rings. The first-order valence-corrected chi connectivity index (χ1v) is 14.5. The second-order valence-electron chi connectivity index (χ2n) is 11.5. The van der Waals surface area contributed by atoms with E-state index in [1.165, 1.54) is 0 Å². The van der Waals surface area contributed by atoms with Crippen molar-refractivity contribution in [2.24, 2.45) is 0 Å². The van der Waals surface area contributed by atoms with Crippen molar-refractivity contribution in [1.29, 1.82) is 0 Å². The van der Waals surface area contributed by atoms with Crippen molar-refractivity contribution in [3.63, 3.8) is 0 Å². The number of piperidine rings is 1. The van der Waals surface area contributed by atoms with E-state index in [0.717, 1.165) is 42.6 Å². The molecule has 2 aliphatic heterocycles. The van der Waals surface area contributed by atoms with Gasteiger partial charge in [0.1, 0.15) is 24.6 Å². The average Bonchev–Trinajstić information content (AvgIpc) is 2.95. The third-order valence-corrected chi connectivity index (χ3v) is 7.83. The number of fused-ring (bicyclic) bond motifs is 2. The molecule has 9 nitrogen and oxygen atoms in total.